The third-order valence-electron chi connectivity index (χ3n) is 6.20. The van der Waals surface area contributed by atoms with Crippen LogP contribution >= 0.6 is 0 Å². The molecule has 0 aromatic heterocycles. The molecule has 0 radical (unpaired) electrons. The lowest BCUT2D eigenvalue weighted by molar-refractivity contribution is -0.110. The van der Waals surface area contributed by atoms with Gasteiger partial charge in [0.25, 0.3) is 0 Å². The highest BCUT2D eigenvalue weighted by Gasteiger charge is 2.55. The summed E-state index contributed by atoms with van der Waals surface area (Å²) in [6.07, 6.45) is 16.8. The summed E-state index contributed by atoms with van der Waals surface area (Å²) < 4.78 is 0. The number of rotatable bonds is 0. The van der Waals surface area contributed by atoms with Gasteiger partial charge in [0.1, 0.15) is 5.66 Å². The van der Waals surface area contributed by atoms with Crippen LogP contribution in [0.15, 0.2) is 40.2 Å². The van der Waals surface area contributed by atoms with Crippen LogP contribution in [0.2, 0.25) is 0 Å². The Labute approximate surface area is 131 Å². The van der Waals surface area contributed by atoms with E-state index in [1.165, 1.54) is 57.1 Å². The first-order chi connectivity index (χ1) is 10.8. The lowest BCUT2D eigenvalue weighted by Gasteiger charge is -2.52. The van der Waals surface area contributed by atoms with Gasteiger partial charge in [-0.3, -0.25) is 9.79 Å². The first kappa shape index (κ1) is 12.9. The quantitative estimate of drug-likeness (QED) is 0.635. The smallest absolute Gasteiger partial charge is 0.180 e. The van der Waals surface area contributed by atoms with Gasteiger partial charge in [-0.15, -0.1) is 0 Å². The first-order valence-corrected chi connectivity index (χ1v) is 8.83. The molecule has 0 unspecified atom stereocenters. The van der Waals surface area contributed by atoms with Crippen molar-refractivity contribution in [2.45, 2.75) is 63.5 Å². The van der Waals surface area contributed by atoms with Crippen LogP contribution in [0.5, 0.6) is 0 Å². The number of nitrogens with zero attached hydrogens (tertiary/aromatic N) is 2. The minimum absolute atomic E-state index is 0.0649. The van der Waals surface area contributed by atoms with Crippen molar-refractivity contribution in [2.75, 3.05) is 0 Å². The lowest BCUT2D eigenvalue weighted by atomic mass is 9.70. The molecule has 22 heavy (non-hydrogen) atoms. The SMILES string of the molecule is O=C1C=CC2=N[C@@]34CCCC[C@H]3CC3=C(CCCC3)N4C2=C1. The molecule has 0 aromatic rings. The fourth-order valence-corrected chi connectivity index (χ4v) is 5.28. The van der Waals surface area contributed by atoms with Crippen molar-refractivity contribution in [3.8, 4) is 0 Å². The molecule has 5 rings (SSSR count). The second-order valence-corrected chi connectivity index (χ2v) is 7.38. The zero-order chi connectivity index (χ0) is 14.7. The van der Waals surface area contributed by atoms with E-state index in [1.54, 1.807) is 11.6 Å². The second-order valence-electron chi connectivity index (χ2n) is 7.38. The van der Waals surface area contributed by atoms with Crippen molar-refractivity contribution in [2.24, 2.45) is 10.9 Å². The summed E-state index contributed by atoms with van der Waals surface area (Å²) in [5.74, 6) is 0.752. The van der Waals surface area contributed by atoms with Crippen LogP contribution in [0.3, 0.4) is 0 Å². The van der Waals surface area contributed by atoms with E-state index in [0.717, 1.165) is 17.8 Å². The number of hydrogen-bond donors (Lipinski definition) is 0. The van der Waals surface area contributed by atoms with Crippen molar-refractivity contribution in [1.29, 1.82) is 0 Å². The number of carbonyl (C=O) groups is 1. The lowest BCUT2D eigenvalue weighted by Crippen LogP contribution is -2.53. The van der Waals surface area contributed by atoms with Crippen molar-refractivity contribution < 1.29 is 4.79 Å². The van der Waals surface area contributed by atoms with Gasteiger partial charge >= 0.3 is 0 Å². The average molecular weight is 294 g/mol. The molecule has 2 heterocycles. The molecule has 0 bridgehead atoms. The van der Waals surface area contributed by atoms with Gasteiger partial charge in [0, 0.05) is 17.7 Å². The Morgan fingerprint density at radius 2 is 2.05 bits per heavy atom. The summed E-state index contributed by atoms with van der Waals surface area (Å²) in [6, 6.07) is 0. The van der Waals surface area contributed by atoms with Crippen LogP contribution in [0.4, 0.5) is 0 Å². The number of fused-ring (bicyclic) bond motifs is 3. The Morgan fingerprint density at radius 3 is 3.00 bits per heavy atom. The monoisotopic (exact) mass is 294 g/mol. The Kier molecular flexibility index (Phi) is 2.59. The fourth-order valence-electron chi connectivity index (χ4n) is 5.28. The Bertz CT molecular complexity index is 682. The molecule has 3 aliphatic carbocycles. The van der Waals surface area contributed by atoms with Crippen molar-refractivity contribution >= 4 is 11.5 Å². The zero-order valence-corrected chi connectivity index (χ0v) is 13.0. The highest BCUT2D eigenvalue weighted by atomic mass is 16.1. The van der Waals surface area contributed by atoms with Crippen LogP contribution in [0.1, 0.15) is 57.8 Å². The second kappa shape index (κ2) is 4.43. The van der Waals surface area contributed by atoms with E-state index in [0.29, 0.717) is 5.92 Å². The molecule has 3 heteroatoms. The van der Waals surface area contributed by atoms with E-state index in [9.17, 15) is 4.79 Å². The van der Waals surface area contributed by atoms with Gasteiger partial charge < -0.3 is 4.90 Å². The van der Waals surface area contributed by atoms with Gasteiger partial charge in [0.05, 0.1) is 11.4 Å². The minimum Gasteiger partial charge on any atom is -0.318 e. The van der Waals surface area contributed by atoms with Gasteiger partial charge in [-0.25, -0.2) is 0 Å². The molecule has 1 spiro atoms. The van der Waals surface area contributed by atoms with E-state index < -0.39 is 0 Å². The standard InChI is InChI=1S/C19H22N2O/c22-15-8-9-16-18(12-15)21-17-7-2-1-5-13(17)11-14-6-3-4-10-19(14,21)20-16/h8-9,12,14H,1-7,10-11H2/t14-,19+/m0/s1. The molecular formula is C19H22N2O. The molecule has 0 amide bonds. The summed E-state index contributed by atoms with van der Waals surface area (Å²) in [4.78, 5) is 19.7. The highest BCUT2D eigenvalue weighted by molar-refractivity contribution is 6.20. The number of ketones is 1. The predicted molar refractivity (Wildman–Crippen MR) is 86.3 cm³/mol. The largest absolute Gasteiger partial charge is 0.318 e. The highest BCUT2D eigenvalue weighted by Crippen LogP contribution is 2.55. The zero-order valence-electron chi connectivity index (χ0n) is 13.0. The van der Waals surface area contributed by atoms with Crippen LogP contribution in [-0.2, 0) is 4.79 Å². The van der Waals surface area contributed by atoms with Gasteiger partial charge in [0.2, 0.25) is 0 Å². The van der Waals surface area contributed by atoms with E-state index in [1.807, 2.05) is 12.2 Å². The third kappa shape index (κ3) is 1.57. The van der Waals surface area contributed by atoms with Crippen LogP contribution in [-0.4, -0.2) is 22.1 Å². The van der Waals surface area contributed by atoms with Crippen molar-refractivity contribution in [3.05, 3.63) is 35.2 Å². The van der Waals surface area contributed by atoms with Gasteiger partial charge in [0.15, 0.2) is 5.78 Å². The van der Waals surface area contributed by atoms with E-state index in [4.69, 9.17) is 4.99 Å². The number of allylic oxidation sites excluding steroid dienone is 5. The minimum atomic E-state index is -0.0649. The number of carbonyl (C=O) groups excluding carboxylic acids is 1. The molecule has 1 saturated carbocycles. The molecule has 5 aliphatic rings. The van der Waals surface area contributed by atoms with Gasteiger partial charge in [-0.1, -0.05) is 12.0 Å². The number of aliphatic imine (C=N–C) groups is 1. The molecule has 114 valence electrons. The summed E-state index contributed by atoms with van der Waals surface area (Å²) in [5.41, 5.74) is 5.25. The molecule has 2 atom stereocenters. The Morgan fingerprint density at radius 1 is 1.14 bits per heavy atom. The molecule has 1 fully saturated rings. The van der Waals surface area contributed by atoms with E-state index >= 15 is 0 Å². The van der Waals surface area contributed by atoms with Crippen molar-refractivity contribution in [3.63, 3.8) is 0 Å². The van der Waals surface area contributed by atoms with Crippen LogP contribution in [0, 0.1) is 5.92 Å². The average Bonchev–Trinajstić information content (AvgIpc) is 2.86. The topological polar surface area (TPSA) is 32.7 Å². The summed E-state index contributed by atoms with van der Waals surface area (Å²) in [7, 11) is 0. The summed E-state index contributed by atoms with van der Waals surface area (Å²) in [5, 5.41) is 0. The van der Waals surface area contributed by atoms with Crippen molar-refractivity contribution in [1.82, 2.24) is 4.90 Å². The molecular weight excluding hydrogens is 272 g/mol. The normalized spacial score (nSPS) is 36.3. The maximum absolute atomic E-state index is 11.9. The third-order valence-corrected chi connectivity index (χ3v) is 6.20. The van der Waals surface area contributed by atoms with Gasteiger partial charge in [-0.2, -0.15) is 0 Å². The van der Waals surface area contributed by atoms with E-state index in [2.05, 4.69) is 4.90 Å². The van der Waals surface area contributed by atoms with Crippen LogP contribution < -0.4 is 0 Å². The fraction of sp³-hybridized carbons (Fsp3) is 0.579. The Hall–Kier alpha value is -1.64. The summed E-state index contributed by atoms with van der Waals surface area (Å²) in [6.45, 7) is 0. The maximum Gasteiger partial charge on any atom is 0.180 e. The first-order valence-electron chi connectivity index (χ1n) is 8.83. The summed E-state index contributed by atoms with van der Waals surface area (Å²) >= 11 is 0. The maximum atomic E-state index is 11.9. The molecule has 0 N–H and O–H groups in total. The van der Waals surface area contributed by atoms with Gasteiger partial charge in [-0.05, 0) is 63.5 Å². The predicted octanol–water partition coefficient (Wildman–Crippen LogP) is 3.88. The molecule has 0 saturated heterocycles. The number of hydrogen-bond acceptors (Lipinski definition) is 3. The molecule has 3 nitrogen and oxygen atoms in total. The molecule has 2 aliphatic heterocycles. The van der Waals surface area contributed by atoms with E-state index in [-0.39, 0.29) is 11.4 Å². The van der Waals surface area contributed by atoms with Crippen LogP contribution in [0.25, 0.3) is 0 Å². The molecule has 0 aromatic carbocycles. The Balaban J connectivity index is 1.71.